The van der Waals surface area contributed by atoms with Crippen molar-refractivity contribution in [3.05, 3.63) is 107 Å². The lowest BCUT2D eigenvalue weighted by molar-refractivity contribution is 0.414. The summed E-state index contributed by atoms with van der Waals surface area (Å²) in [5.74, 6) is 1.31. The molecule has 1 saturated heterocycles. The lowest BCUT2D eigenvalue weighted by atomic mass is 9.96. The minimum Gasteiger partial charge on any atom is -0.497 e. The van der Waals surface area contributed by atoms with E-state index in [0.29, 0.717) is 11.0 Å². The lowest BCUT2D eigenvalue weighted by Gasteiger charge is -2.28. The first kappa shape index (κ1) is 24.1. The van der Waals surface area contributed by atoms with Gasteiger partial charge in [-0.2, -0.15) is 0 Å². The molecule has 0 bridgehead atoms. The second kappa shape index (κ2) is 9.78. The number of hydrogen-bond acceptors (Lipinski definition) is 3. The number of hydrogen-bond donors (Lipinski definition) is 1. The van der Waals surface area contributed by atoms with Crippen LogP contribution in [0, 0.1) is 13.8 Å². The maximum absolute atomic E-state index is 5.93. The van der Waals surface area contributed by atoms with Crippen molar-refractivity contribution >= 4 is 23.0 Å². The van der Waals surface area contributed by atoms with Crippen LogP contribution in [0.1, 0.15) is 60.1 Å². The molecule has 5 nitrogen and oxygen atoms in total. The van der Waals surface area contributed by atoms with Gasteiger partial charge in [0.15, 0.2) is 5.11 Å². The Kier molecular flexibility index (Phi) is 6.54. The summed E-state index contributed by atoms with van der Waals surface area (Å²) in [4.78, 5) is 6.95. The Hall–Kier alpha value is -3.64. The summed E-state index contributed by atoms with van der Waals surface area (Å²) in [5.41, 5.74) is 7.97. The Morgan fingerprint density at radius 3 is 2.39 bits per heavy atom. The Morgan fingerprint density at radius 2 is 1.72 bits per heavy atom. The van der Waals surface area contributed by atoms with Gasteiger partial charge in [0, 0.05) is 35.0 Å². The molecule has 1 aliphatic rings. The second-order valence-electron chi connectivity index (χ2n) is 9.61. The monoisotopic (exact) mass is 496 g/mol. The smallest absolute Gasteiger partial charge is 0.174 e. The van der Waals surface area contributed by atoms with Crippen molar-refractivity contribution in [1.29, 1.82) is 0 Å². The van der Waals surface area contributed by atoms with E-state index < -0.39 is 0 Å². The van der Waals surface area contributed by atoms with Crippen molar-refractivity contribution < 1.29 is 4.74 Å². The Balaban J connectivity index is 1.65. The third-order valence-electron chi connectivity index (χ3n) is 7.04. The largest absolute Gasteiger partial charge is 0.497 e. The molecule has 1 fully saturated rings. The van der Waals surface area contributed by atoms with Crippen LogP contribution in [0.3, 0.4) is 0 Å². The number of aryl methyl sites for hydroxylation is 1. The molecule has 0 saturated carbocycles. The summed E-state index contributed by atoms with van der Waals surface area (Å²) in [7, 11) is 1.70. The second-order valence-corrected chi connectivity index (χ2v) is 9.99. The molecule has 2 aromatic carbocycles. The first-order valence-corrected chi connectivity index (χ1v) is 12.7. The zero-order valence-electron chi connectivity index (χ0n) is 21.4. The van der Waals surface area contributed by atoms with Gasteiger partial charge in [0.05, 0.1) is 24.9 Å². The molecule has 1 N–H and O–H groups in total. The predicted molar refractivity (Wildman–Crippen MR) is 150 cm³/mol. The normalized spacial score (nSPS) is 17.5. The molecule has 0 radical (unpaired) electrons. The van der Waals surface area contributed by atoms with Crippen LogP contribution >= 0.6 is 12.2 Å². The highest BCUT2D eigenvalue weighted by atomic mass is 32.1. The SMILES string of the molecule is COc1cccc(-n2c(C)cc([C@@H]3[C@@H](c4ccccn4)NC(=S)N3c3ccc(C(C)C)cc3)c2C)c1. The number of nitrogens with zero attached hydrogens (tertiary/aromatic N) is 3. The van der Waals surface area contributed by atoms with Crippen LogP contribution in [0.5, 0.6) is 5.75 Å². The summed E-state index contributed by atoms with van der Waals surface area (Å²) in [5, 5.41) is 4.29. The molecule has 36 heavy (non-hydrogen) atoms. The first-order valence-electron chi connectivity index (χ1n) is 12.3. The van der Waals surface area contributed by atoms with Gasteiger partial charge < -0.3 is 19.5 Å². The van der Waals surface area contributed by atoms with Crippen LogP contribution < -0.4 is 15.0 Å². The average Bonchev–Trinajstić information content (AvgIpc) is 3.39. The number of thiocarbonyl (C=S) groups is 1. The van der Waals surface area contributed by atoms with Crippen molar-refractivity contribution in [2.75, 3.05) is 12.0 Å². The van der Waals surface area contributed by atoms with Gasteiger partial charge in [-0.25, -0.2) is 0 Å². The van der Waals surface area contributed by atoms with Crippen molar-refractivity contribution in [3.63, 3.8) is 0 Å². The van der Waals surface area contributed by atoms with Crippen LogP contribution in [-0.2, 0) is 0 Å². The van der Waals surface area contributed by atoms with E-state index in [9.17, 15) is 0 Å². The van der Waals surface area contributed by atoms with E-state index >= 15 is 0 Å². The summed E-state index contributed by atoms with van der Waals surface area (Å²) in [6, 6.07) is 25.1. The highest BCUT2D eigenvalue weighted by Gasteiger charge is 2.42. The number of methoxy groups -OCH3 is 1. The Morgan fingerprint density at radius 1 is 0.944 bits per heavy atom. The molecule has 6 heteroatoms. The summed E-state index contributed by atoms with van der Waals surface area (Å²) in [6.45, 7) is 8.75. The molecule has 0 unspecified atom stereocenters. The molecule has 4 aromatic rings. The Bertz CT molecular complexity index is 1380. The fourth-order valence-corrected chi connectivity index (χ4v) is 5.55. The average molecular weight is 497 g/mol. The van der Waals surface area contributed by atoms with Crippen LogP contribution in [0.25, 0.3) is 5.69 Å². The molecular weight excluding hydrogens is 464 g/mol. The number of aromatic nitrogens is 2. The number of ether oxygens (including phenoxy) is 1. The fraction of sp³-hybridized carbons (Fsp3) is 0.267. The van der Waals surface area contributed by atoms with E-state index in [-0.39, 0.29) is 12.1 Å². The molecule has 2 atom stereocenters. The maximum Gasteiger partial charge on any atom is 0.174 e. The van der Waals surface area contributed by atoms with Crippen molar-refractivity contribution in [2.24, 2.45) is 0 Å². The van der Waals surface area contributed by atoms with Crippen LogP contribution in [0.15, 0.2) is 79.0 Å². The topological polar surface area (TPSA) is 42.3 Å². The highest BCUT2D eigenvalue weighted by molar-refractivity contribution is 7.80. The van der Waals surface area contributed by atoms with Crippen LogP contribution in [0.4, 0.5) is 5.69 Å². The van der Waals surface area contributed by atoms with E-state index in [4.69, 9.17) is 21.9 Å². The van der Waals surface area contributed by atoms with Gasteiger partial charge in [0.25, 0.3) is 0 Å². The molecule has 2 aromatic heterocycles. The van der Waals surface area contributed by atoms with Gasteiger partial charge in [-0.1, -0.05) is 38.1 Å². The summed E-state index contributed by atoms with van der Waals surface area (Å²) < 4.78 is 7.78. The van der Waals surface area contributed by atoms with Crippen LogP contribution in [-0.4, -0.2) is 21.8 Å². The third-order valence-corrected chi connectivity index (χ3v) is 7.35. The number of nitrogens with one attached hydrogen (secondary N) is 1. The van der Waals surface area contributed by atoms with E-state index in [1.807, 2.05) is 30.5 Å². The van der Waals surface area contributed by atoms with E-state index in [2.05, 4.69) is 91.0 Å². The fourth-order valence-electron chi connectivity index (χ4n) is 5.20. The predicted octanol–water partition coefficient (Wildman–Crippen LogP) is 6.80. The standard InChI is InChI=1S/C30H32N4OS/c1-19(2)22-12-14-23(15-13-22)34-29(28(32-30(34)36)27-11-6-7-16-31-27)26-17-20(3)33(21(26)4)24-9-8-10-25(18-24)35-5/h6-19,28-29H,1-5H3,(H,32,36)/t28-,29-/m1/s1. The van der Waals surface area contributed by atoms with Crippen molar-refractivity contribution in [2.45, 2.75) is 45.7 Å². The van der Waals surface area contributed by atoms with E-state index in [1.165, 1.54) is 16.8 Å². The van der Waals surface area contributed by atoms with Gasteiger partial charge >= 0.3 is 0 Å². The minimum absolute atomic E-state index is 0.0529. The minimum atomic E-state index is -0.0808. The summed E-state index contributed by atoms with van der Waals surface area (Å²) >= 11 is 5.93. The Labute approximate surface area is 218 Å². The molecule has 3 heterocycles. The number of anilines is 1. The molecular formula is C30H32N4OS. The molecule has 0 amide bonds. The molecule has 0 aliphatic carbocycles. The van der Waals surface area contributed by atoms with Crippen LogP contribution in [0.2, 0.25) is 0 Å². The van der Waals surface area contributed by atoms with Gasteiger partial charge in [0.2, 0.25) is 0 Å². The molecule has 0 spiro atoms. The number of pyridine rings is 1. The molecule has 5 rings (SSSR count). The number of benzene rings is 2. The van der Waals surface area contributed by atoms with E-state index in [0.717, 1.165) is 28.5 Å². The lowest BCUT2D eigenvalue weighted by Crippen LogP contribution is -2.29. The molecule has 1 aliphatic heterocycles. The summed E-state index contributed by atoms with van der Waals surface area (Å²) in [6.07, 6.45) is 1.84. The number of rotatable bonds is 6. The quantitative estimate of drug-likeness (QED) is 0.297. The van der Waals surface area contributed by atoms with Gasteiger partial charge in [0.1, 0.15) is 5.75 Å². The zero-order chi connectivity index (χ0) is 25.4. The maximum atomic E-state index is 5.93. The van der Waals surface area contributed by atoms with Crippen molar-refractivity contribution in [3.8, 4) is 11.4 Å². The van der Waals surface area contributed by atoms with Gasteiger partial charge in [-0.3, -0.25) is 4.98 Å². The van der Waals surface area contributed by atoms with Crippen molar-refractivity contribution in [1.82, 2.24) is 14.9 Å². The van der Waals surface area contributed by atoms with Gasteiger partial charge in [-0.05, 0) is 85.6 Å². The zero-order valence-corrected chi connectivity index (χ0v) is 22.2. The van der Waals surface area contributed by atoms with Gasteiger partial charge in [-0.15, -0.1) is 0 Å². The van der Waals surface area contributed by atoms with E-state index in [1.54, 1.807) is 7.11 Å². The first-order chi connectivity index (χ1) is 17.4. The molecule has 184 valence electrons. The third kappa shape index (κ3) is 4.26. The highest BCUT2D eigenvalue weighted by Crippen LogP contribution is 2.44.